The van der Waals surface area contributed by atoms with Crippen molar-refractivity contribution in [3.63, 3.8) is 0 Å². The molecular formula is C15H13F17O4S2. The Morgan fingerprint density at radius 2 is 0.947 bits per heavy atom. The van der Waals surface area contributed by atoms with Crippen LogP contribution in [0, 0.1) is 0 Å². The molecule has 1 rings (SSSR count). The van der Waals surface area contributed by atoms with Crippen molar-refractivity contribution in [3.05, 3.63) is 0 Å². The van der Waals surface area contributed by atoms with E-state index in [1.54, 1.807) is 0 Å². The van der Waals surface area contributed by atoms with Gasteiger partial charge in [0, 0.05) is 11.5 Å². The molecule has 228 valence electrons. The fourth-order valence-electron chi connectivity index (χ4n) is 2.98. The lowest BCUT2D eigenvalue weighted by atomic mass is 9.91. The third-order valence-electron chi connectivity index (χ3n) is 4.99. The van der Waals surface area contributed by atoms with Gasteiger partial charge in [0.1, 0.15) is 5.78 Å². The smallest absolute Gasteiger partial charge is 0.299 e. The standard InChI is InChI=1S/C15H13F17O4S2/c1-7(33)6-37(4-2-3-5-37)36-38(34,35)15(31,32)13(26,27)11(22,23)9(18,19)8(16,17)10(20,21)12(24,25)14(28,29)30/h2-6H2,1H3. The zero-order valence-corrected chi connectivity index (χ0v) is 19.5. The van der Waals surface area contributed by atoms with Crippen LogP contribution in [0.3, 0.4) is 0 Å². The second-order valence-corrected chi connectivity index (χ2v) is 12.9. The Hall–Kier alpha value is -1.26. The summed E-state index contributed by atoms with van der Waals surface area (Å²) in [5, 5.41) is -7.73. The molecule has 0 aromatic carbocycles. The van der Waals surface area contributed by atoms with Crippen LogP contribution < -0.4 is 0 Å². The lowest BCUT2D eigenvalue weighted by Gasteiger charge is -2.43. The molecule has 0 aliphatic carbocycles. The summed E-state index contributed by atoms with van der Waals surface area (Å²) in [7, 11) is -11.4. The molecule has 0 amide bonds. The quantitative estimate of drug-likeness (QED) is 0.245. The molecule has 0 aromatic heterocycles. The minimum Gasteiger partial charge on any atom is -0.299 e. The molecule has 0 radical (unpaired) electrons. The molecule has 0 saturated carbocycles. The number of alkyl halides is 17. The van der Waals surface area contributed by atoms with Crippen LogP contribution in [0.4, 0.5) is 74.6 Å². The third kappa shape index (κ3) is 4.80. The summed E-state index contributed by atoms with van der Waals surface area (Å²) in [5.74, 6) is -55.4. The average Bonchev–Trinajstić information content (AvgIpc) is 3.12. The molecule has 1 aliphatic heterocycles. The van der Waals surface area contributed by atoms with Gasteiger partial charge in [-0.15, -0.1) is 10.3 Å². The number of hydrogen-bond acceptors (Lipinski definition) is 4. The summed E-state index contributed by atoms with van der Waals surface area (Å²) in [4.78, 5) is 11.3. The van der Waals surface area contributed by atoms with Crippen molar-refractivity contribution >= 4 is 26.2 Å². The summed E-state index contributed by atoms with van der Waals surface area (Å²) >= 11 is 0. The van der Waals surface area contributed by atoms with Crippen molar-refractivity contribution in [1.29, 1.82) is 0 Å². The van der Waals surface area contributed by atoms with Gasteiger partial charge in [-0.05, 0) is 19.8 Å². The van der Waals surface area contributed by atoms with E-state index in [0.717, 1.165) is 0 Å². The Bertz CT molecular complexity index is 1010. The second-order valence-electron chi connectivity index (χ2n) is 7.91. The topological polar surface area (TPSA) is 60.4 Å². The highest BCUT2D eigenvalue weighted by Crippen LogP contribution is 2.65. The maximum Gasteiger partial charge on any atom is 0.460 e. The van der Waals surface area contributed by atoms with Gasteiger partial charge in [-0.25, -0.2) is 3.63 Å². The first-order valence-electron chi connectivity index (χ1n) is 9.26. The Balaban J connectivity index is 3.69. The number of Topliss-reactive ketones (excluding diaryl/α,β-unsaturated/α-hetero) is 1. The molecule has 0 unspecified atom stereocenters. The summed E-state index contributed by atoms with van der Waals surface area (Å²) in [6.07, 6.45) is -8.14. The van der Waals surface area contributed by atoms with Crippen LogP contribution >= 0.6 is 10.3 Å². The first-order chi connectivity index (χ1) is 16.3. The molecule has 23 heteroatoms. The first kappa shape index (κ1) is 34.8. The first-order valence-corrected chi connectivity index (χ1v) is 12.7. The van der Waals surface area contributed by atoms with Gasteiger partial charge in [0.15, 0.2) is 0 Å². The van der Waals surface area contributed by atoms with E-state index in [4.69, 9.17) is 0 Å². The van der Waals surface area contributed by atoms with E-state index in [1.807, 2.05) is 0 Å². The van der Waals surface area contributed by atoms with Gasteiger partial charge in [0.25, 0.3) is 0 Å². The number of ketones is 1. The van der Waals surface area contributed by atoms with Crippen LogP contribution in [0.1, 0.15) is 19.8 Å². The monoisotopic (exact) mass is 644 g/mol. The van der Waals surface area contributed by atoms with Gasteiger partial charge in [0.05, 0.1) is 5.75 Å². The highest BCUT2D eigenvalue weighted by atomic mass is 32.3. The van der Waals surface area contributed by atoms with Crippen LogP contribution in [-0.4, -0.2) is 78.4 Å². The molecule has 0 spiro atoms. The molecular weight excluding hydrogens is 631 g/mol. The zero-order valence-electron chi connectivity index (χ0n) is 17.9. The molecule has 0 N–H and O–H groups in total. The molecule has 38 heavy (non-hydrogen) atoms. The Kier molecular flexibility index (Phi) is 8.60. The Morgan fingerprint density at radius 3 is 1.26 bits per heavy atom. The molecule has 1 fully saturated rings. The van der Waals surface area contributed by atoms with Crippen molar-refractivity contribution in [3.8, 4) is 0 Å². The molecule has 0 aromatic rings. The van der Waals surface area contributed by atoms with Gasteiger partial charge in [0.2, 0.25) is 0 Å². The highest BCUT2D eigenvalue weighted by Gasteiger charge is 2.96. The van der Waals surface area contributed by atoms with Crippen molar-refractivity contribution in [2.45, 2.75) is 66.7 Å². The number of hydrogen-bond donors (Lipinski definition) is 0. The van der Waals surface area contributed by atoms with Crippen molar-refractivity contribution < 1.29 is 91.5 Å². The van der Waals surface area contributed by atoms with Gasteiger partial charge in [-0.1, -0.05) is 0 Å². The van der Waals surface area contributed by atoms with E-state index in [1.165, 1.54) is 0 Å². The summed E-state index contributed by atoms with van der Waals surface area (Å²) < 4.78 is 254. The highest BCUT2D eigenvalue weighted by molar-refractivity contribution is 8.33. The van der Waals surface area contributed by atoms with Crippen LogP contribution in [-0.2, 0) is 18.5 Å². The van der Waals surface area contributed by atoms with Crippen LogP contribution in [0.2, 0.25) is 0 Å². The fourth-order valence-corrected chi connectivity index (χ4v) is 8.71. The van der Waals surface area contributed by atoms with Crippen molar-refractivity contribution in [2.24, 2.45) is 0 Å². The predicted octanol–water partition coefficient (Wildman–Crippen LogP) is 6.40. The van der Waals surface area contributed by atoms with Crippen molar-refractivity contribution in [2.75, 3.05) is 17.3 Å². The van der Waals surface area contributed by atoms with E-state index in [2.05, 4.69) is 3.63 Å². The van der Waals surface area contributed by atoms with Gasteiger partial charge < -0.3 is 0 Å². The predicted molar refractivity (Wildman–Crippen MR) is 92.8 cm³/mol. The van der Waals surface area contributed by atoms with E-state index in [0.29, 0.717) is 6.92 Å². The van der Waals surface area contributed by atoms with E-state index >= 15 is 0 Å². The fraction of sp³-hybridized carbons (Fsp3) is 0.933. The molecule has 0 bridgehead atoms. The molecule has 4 nitrogen and oxygen atoms in total. The lowest BCUT2D eigenvalue weighted by Crippen LogP contribution is -2.75. The Morgan fingerprint density at radius 1 is 0.632 bits per heavy atom. The van der Waals surface area contributed by atoms with Crippen LogP contribution in [0.25, 0.3) is 0 Å². The summed E-state index contributed by atoms with van der Waals surface area (Å²) in [5.41, 5.74) is 0. The number of rotatable bonds is 11. The minimum atomic E-state index is -8.90. The number of carbonyl (C=O) groups excluding carboxylic acids is 1. The third-order valence-corrected chi connectivity index (χ3v) is 10.7. The number of carbonyl (C=O) groups is 1. The molecule has 1 saturated heterocycles. The van der Waals surface area contributed by atoms with Crippen LogP contribution in [0.5, 0.6) is 0 Å². The van der Waals surface area contributed by atoms with Gasteiger partial charge in [-0.3, -0.25) is 4.79 Å². The number of halogens is 17. The second kappa shape index (κ2) is 9.40. The van der Waals surface area contributed by atoms with Crippen LogP contribution in [0.15, 0.2) is 0 Å². The largest absolute Gasteiger partial charge is 0.460 e. The van der Waals surface area contributed by atoms with E-state index in [-0.39, 0.29) is 12.8 Å². The van der Waals surface area contributed by atoms with Gasteiger partial charge in [-0.2, -0.15) is 83.1 Å². The average molecular weight is 644 g/mol. The van der Waals surface area contributed by atoms with E-state index in [9.17, 15) is 87.8 Å². The molecule has 1 aliphatic rings. The summed E-state index contributed by atoms with van der Waals surface area (Å²) in [6, 6.07) is 0. The molecule has 0 atom stereocenters. The lowest BCUT2D eigenvalue weighted by molar-refractivity contribution is -0.458. The van der Waals surface area contributed by atoms with Gasteiger partial charge >= 0.3 is 57.1 Å². The maximum atomic E-state index is 14.2. The normalized spacial score (nSPS) is 19.9. The molecule has 1 heterocycles. The minimum absolute atomic E-state index is 0.122. The Labute approximate surface area is 202 Å². The van der Waals surface area contributed by atoms with E-state index < -0.39 is 90.4 Å². The van der Waals surface area contributed by atoms with Crippen molar-refractivity contribution in [1.82, 2.24) is 0 Å². The SMILES string of the molecule is CC(=O)CS1(OS(=O)(=O)C(F)(F)C(F)(F)C(F)(F)C(F)(F)C(F)(F)C(F)(F)C(F)(F)C(F)(F)F)CCCC1. The summed E-state index contributed by atoms with van der Waals surface area (Å²) in [6.45, 7) is 0.698. The zero-order chi connectivity index (χ0) is 30.8. The maximum absolute atomic E-state index is 14.2.